The number of rotatable bonds is 2. The summed E-state index contributed by atoms with van der Waals surface area (Å²) in [5.74, 6) is 1.05. The van der Waals surface area contributed by atoms with Crippen LogP contribution in [0, 0.1) is 0 Å². The third kappa shape index (κ3) is 2.15. The van der Waals surface area contributed by atoms with Crippen molar-refractivity contribution < 1.29 is 0 Å². The molecule has 1 fully saturated rings. The number of piperidine rings is 1. The van der Waals surface area contributed by atoms with E-state index < -0.39 is 0 Å². The fourth-order valence-electron chi connectivity index (χ4n) is 2.38. The molecule has 0 aromatic carbocycles. The first-order valence-electron chi connectivity index (χ1n) is 6.03. The van der Waals surface area contributed by atoms with E-state index in [2.05, 4.69) is 14.9 Å². The highest BCUT2D eigenvalue weighted by Gasteiger charge is 2.14. The van der Waals surface area contributed by atoms with Gasteiger partial charge in [-0.3, -0.25) is 9.30 Å². The highest BCUT2D eigenvalue weighted by atomic mass is 35.5. The zero-order valence-corrected chi connectivity index (χ0v) is 10.4. The van der Waals surface area contributed by atoms with Crippen molar-refractivity contribution in [3.05, 3.63) is 29.6 Å². The topological polar surface area (TPSA) is 33.4 Å². The van der Waals surface area contributed by atoms with Gasteiger partial charge in [-0.1, -0.05) is 18.0 Å². The quantitative estimate of drug-likeness (QED) is 0.821. The Morgan fingerprint density at radius 2 is 2.00 bits per heavy atom. The van der Waals surface area contributed by atoms with Crippen LogP contribution in [-0.4, -0.2) is 32.4 Å². The fourth-order valence-corrected chi connectivity index (χ4v) is 2.58. The average molecular weight is 251 g/mol. The summed E-state index contributed by atoms with van der Waals surface area (Å²) in [6, 6.07) is 0. The van der Waals surface area contributed by atoms with Gasteiger partial charge in [0.1, 0.15) is 11.3 Å². The van der Waals surface area contributed by atoms with Crippen LogP contribution in [0.1, 0.15) is 25.1 Å². The van der Waals surface area contributed by atoms with E-state index >= 15 is 0 Å². The second-order valence-corrected chi connectivity index (χ2v) is 4.84. The highest BCUT2D eigenvalue weighted by molar-refractivity contribution is 6.32. The predicted octanol–water partition coefficient (Wildman–Crippen LogP) is 2.37. The minimum atomic E-state index is 0.518. The molecule has 0 bridgehead atoms. The summed E-state index contributed by atoms with van der Waals surface area (Å²) in [5.41, 5.74) is 0.890. The minimum absolute atomic E-state index is 0.518. The van der Waals surface area contributed by atoms with Gasteiger partial charge >= 0.3 is 0 Å². The first-order valence-corrected chi connectivity index (χ1v) is 6.41. The van der Waals surface area contributed by atoms with Crippen molar-refractivity contribution in [3.63, 3.8) is 0 Å². The van der Waals surface area contributed by atoms with Crippen LogP contribution in [0.5, 0.6) is 0 Å². The van der Waals surface area contributed by atoms with E-state index in [1.807, 2.05) is 10.6 Å². The lowest BCUT2D eigenvalue weighted by Gasteiger charge is -2.25. The molecule has 0 N–H and O–H groups in total. The molecule has 5 heteroatoms. The lowest BCUT2D eigenvalue weighted by molar-refractivity contribution is 0.215. The van der Waals surface area contributed by atoms with Crippen molar-refractivity contribution in [3.8, 4) is 0 Å². The molecule has 0 unspecified atom stereocenters. The number of fused-ring (bicyclic) bond motifs is 1. The Balaban J connectivity index is 1.87. The number of hydrogen-bond donors (Lipinski definition) is 0. The second-order valence-electron chi connectivity index (χ2n) is 4.48. The van der Waals surface area contributed by atoms with Crippen LogP contribution >= 0.6 is 11.6 Å². The second kappa shape index (κ2) is 4.63. The van der Waals surface area contributed by atoms with Crippen molar-refractivity contribution in [1.82, 2.24) is 19.3 Å². The van der Waals surface area contributed by atoms with Gasteiger partial charge in [-0.2, -0.15) is 0 Å². The molecular formula is C12H15ClN4. The molecule has 0 radical (unpaired) electrons. The Morgan fingerprint density at radius 3 is 2.82 bits per heavy atom. The molecule has 1 aliphatic rings. The monoisotopic (exact) mass is 250 g/mol. The van der Waals surface area contributed by atoms with Gasteiger partial charge in [0.25, 0.3) is 0 Å². The van der Waals surface area contributed by atoms with Gasteiger partial charge < -0.3 is 0 Å². The first kappa shape index (κ1) is 11.0. The van der Waals surface area contributed by atoms with Crippen LogP contribution in [0.2, 0.25) is 5.15 Å². The third-order valence-electron chi connectivity index (χ3n) is 3.30. The number of hydrogen-bond acceptors (Lipinski definition) is 3. The molecule has 1 aliphatic heterocycles. The summed E-state index contributed by atoms with van der Waals surface area (Å²) in [6.07, 6.45) is 9.39. The number of likely N-dealkylation sites (tertiary alicyclic amines) is 1. The van der Waals surface area contributed by atoms with E-state index in [-0.39, 0.29) is 0 Å². The van der Waals surface area contributed by atoms with Crippen molar-refractivity contribution in [1.29, 1.82) is 0 Å². The molecule has 2 aromatic heterocycles. The van der Waals surface area contributed by atoms with E-state index in [0.29, 0.717) is 5.15 Å². The lowest BCUT2D eigenvalue weighted by atomic mass is 10.1. The van der Waals surface area contributed by atoms with Crippen LogP contribution in [0.15, 0.2) is 18.6 Å². The Bertz CT molecular complexity index is 516. The summed E-state index contributed by atoms with van der Waals surface area (Å²) in [5, 5.41) is 0.518. The standard InChI is InChI=1S/C12H15ClN4/c13-12-10-8-15-11(17(10)7-4-14-12)9-16-5-2-1-3-6-16/h4,7-8H,1-3,5-6,9H2. The molecule has 2 aromatic rings. The van der Waals surface area contributed by atoms with Gasteiger partial charge in [-0.15, -0.1) is 0 Å². The van der Waals surface area contributed by atoms with Crippen LogP contribution in [0.4, 0.5) is 0 Å². The van der Waals surface area contributed by atoms with Gasteiger partial charge in [-0.25, -0.2) is 9.97 Å². The summed E-state index contributed by atoms with van der Waals surface area (Å²) in [4.78, 5) is 11.0. The van der Waals surface area contributed by atoms with Crippen molar-refractivity contribution in [2.24, 2.45) is 0 Å². The first-order chi connectivity index (χ1) is 8.34. The van der Waals surface area contributed by atoms with E-state index in [9.17, 15) is 0 Å². The van der Waals surface area contributed by atoms with Crippen LogP contribution in [0.3, 0.4) is 0 Å². The number of nitrogens with zero attached hydrogens (tertiary/aromatic N) is 4. The molecule has 3 rings (SSSR count). The maximum absolute atomic E-state index is 6.03. The Hall–Kier alpha value is -1.13. The SMILES string of the molecule is Clc1nccn2c(CN3CCCCC3)ncc12. The molecule has 3 heterocycles. The van der Waals surface area contributed by atoms with Crippen molar-refractivity contribution in [2.75, 3.05) is 13.1 Å². The molecule has 1 saturated heterocycles. The molecular weight excluding hydrogens is 236 g/mol. The summed E-state index contributed by atoms with van der Waals surface area (Å²) in [6.45, 7) is 3.25. The van der Waals surface area contributed by atoms with E-state index in [1.54, 1.807) is 12.4 Å². The number of imidazole rings is 1. The molecule has 0 saturated carbocycles. The molecule has 4 nitrogen and oxygen atoms in total. The number of aromatic nitrogens is 3. The Labute approximate surface area is 105 Å². The maximum Gasteiger partial charge on any atom is 0.154 e. The van der Waals surface area contributed by atoms with Gasteiger partial charge in [0.05, 0.1) is 12.7 Å². The van der Waals surface area contributed by atoms with E-state index in [0.717, 1.165) is 17.9 Å². The van der Waals surface area contributed by atoms with Gasteiger partial charge in [0.2, 0.25) is 0 Å². The minimum Gasteiger partial charge on any atom is -0.298 e. The highest BCUT2D eigenvalue weighted by Crippen LogP contribution is 2.17. The summed E-state index contributed by atoms with van der Waals surface area (Å²) >= 11 is 6.03. The number of halogens is 1. The molecule has 90 valence electrons. The van der Waals surface area contributed by atoms with Gasteiger partial charge in [-0.05, 0) is 25.9 Å². The van der Waals surface area contributed by atoms with Gasteiger partial charge in [0, 0.05) is 12.4 Å². The van der Waals surface area contributed by atoms with Crippen LogP contribution in [0.25, 0.3) is 5.52 Å². The normalized spacial score (nSPS) is 17.7. The van der Waals surface area contributed by atoms with Crippen molar-refractivity contribution in [2.45, 2.75) is 25.8 Å². The summed E-state index contributed by atoms with van der Waals surface area (Å²) in [7, 11) is 0. The van der Waals surface area contributed by atoms with Gasteiger partial charge in [0.15, 0.2) is 5.15 Å². The van der Waals surface area contributed by atoms with E-state index in [4.69, 9.17) is 11.6 Å². The zero-order valence-electron chi connectivity index (χ0n) is 9.64. The Morgan fingerprint density at radius 1 is 1.18 bits per heavy atom. The largest absolute Gasteiger partial charge is 0.298 e. The molecule has 0 spiro atoms. The average Bonchev–Trinajstić information content (AvgIpc) is 2.76. The Kier molecular flexibility index (Phi) is 2.99. The molecule has 0 amide bonds. The molecule has 0 aliphatic carbocycles. The third-order valence-corrected chi connectivity index (χ3v) is 3.59. The van der Waals surface area contributed by atoms with E-state index in [1.165, 1.54) is 32.4 Å². The predicted molar refractivity (Wildman–Crippen MR) is 67.1 cm³/mol. The lowest BCUT2D eigenvalue weighted by Crippen LogP contribution is -2.29. The van der Waals surface area contributed by atoms with Crippen LogP contribution in [-0.2, 0) is 6.54 Å². The smallest absolute Gasteiger partial charge is 0.154 e. The van der Waals surface area contributed by atoms with Crippen molar-refractivity contribution >= 4 is 17.1 Å². The fraction of sp³-hybridized carbons (Fsp3) is 0.500. The van der Waals surface area contributed by atoms with Crippen LogP contribution < -0.4 is 0 Å². The zero-order chi connectivity index (χ0) is 11.7. The maximum atomic E-state index is 6.03. The molecule has 17 heavy (non-hydrogen) atoms. The molecule has 0 atom stereocenters. The summed E-state index contributed by atoms with van der Waals surface area (Å²) < 4.78 is 2.03.